The van der Waals surface area contributed by atoms with Crippen LogP contribution < -0.4 is 5.32 Å². The molecule has 2 aromatic rings. The predicted octanol–water partition coefficient (Wildman–Crippen LogP) is 2.15. The Balaban J connectivity index is 1.31. The van der Waals surface area contributed by atoms with Crippen molar-refractivity contribution in [3.8, 4) is 0 Å². The number of amides is 1. The van der Waals surface area contributed by atoms with E-state index in [0.29, 0.717) is 18.9 Å². The minimum absolute atomic E-state index is 0.0294. The molecule has 2 aromatic heterocycles. The zero-order valence-corrected chi connectivity index (χ0v) is 13.4. The van der Waals surface area contributed by atoms with Crippen molar-refractivity contribution in [2.24, 2.45) is 11.8 Å². The van der Waals surface area contributed by atoms with Gasteiger partial charge < -0.3 is 14.5 Å². The molecule has 2 aliphatic rings. The zero-order chi connectivity index (χ0) is 16.4. The molecule has 0 aliphatic carbocycles. The fraction of sp³-hybridized carbons (Fsp3) is 0.444. The van der Waals surface area contributed by atoms with E-state index in [9.17, 15) is 4.79 Å². The van der Waals surface area contributed by atoms with Crippen molar-refractivity contribution in [1.82, 2.24) is 9.88 Å². The quantitative estimate of drug-likeness (QED) is 0.911. The SMILES string of the molecule is O=C(C[C@@H]1CO[C@@H]2CN(Cc3ccco3)C[C@H]12)Nc1cccnc1. The lowest BCUT2D eigenvalue weighted by atomic mass is 9.90. The van der Waals surface area contributed by atoms with Gasteiger partial charge in [-0.1, -0.05) is 0 Å². The number of carbonyl (C=O) groups excluding carboxylic acids is 1. The maximum Gasteiger partial charge on any atom is 0.224 e. The third-order valence-corrected chi connectivity index (χ3v) is 4.87. The third-order valence-electron chi connectivity index (χ3n) is 4.87. The number of hydrogen-bond acceptors (Lipinski definition) is 5. The van der Waals surface area contributed by atoms with Crippen LogP contribution in [0.5, 0.6) is 0 Å². The van der Waals surface area contributed by atoms with Gasteiger partial charge in [0.1, 0.15) is 5.76 Å². The molecule has 24 heavy (non-hydrogen) atoms. The Hall–Kier alpha value is -2.18. The molecule has 6 heteroatoms. The molecule has 2 fully saturated rings. The van der Waals surface area contributed by atoms with Gasteiger partial charge >= 0.3 is 0 Å². The highest BCUT2D eigenvalue weighted by Crippen LogP contribution is 2.36. The van der Waals surface area contributed by atoms with E-state index < -0.39 is 0 Å². The van der Waals surface area contributed by atoms with Crippen molar-refractivity contribution in [3.63, 3.8) is 0 Å². The summed E-state index contributed by atoms with van der Waals surface area (Å²) in [6, 6.07) is 7.56. The summed E-state index contributed by atoms with van der Waals surface area (Å²) in [6.45, 7) is 3.34. The number of anilines is 1. The van der Waals surface area contributed by atoms with Crippen molar-refractivity contribution >= 4 is 11.6 Å². The first kappa shape index (κ1) is 15.4. The summed E-state index contributed by atoms with van der Waals surface area (Å²) in [5.74, 6) is 1.69. The Bertz CT molecular complexity index is 674. The molecule has 4 heterocycles. The van der Waals surface area contributed by atoms with Gasteiger partial charge in [-0.05, 0) is 30.2 Å². The number of aromatic nitrogens is 1. The molecule has 126 valence electrons. The Morgan fingerprint density at radius 3 is 3.08 bits per heavy atom. The standard InChI is InChI=1S/C18H21N3O3/c22-18(20-14-3-1-5-19-8-14)7-13-12-24-17-11-21(10-16(13)17)9-15-4-2-6-23-15/h1-6,8,13,16-17H,7,9-12H2,(H,20,22)/t13-,16-,17-/m1/s1. The average Bonchev–Trinajstić information content (AvgIpc) is 3.28. The molecule has 1 amide bonds. The molecule has 2 saturated heterocycles. The molecule has 6 nitrogen and oxygen atoms in total. The Labute approximate surface area is 140 Å². The largest absolute Gasteiger partial charge is 0.468 e. The minimum atomic E-state index is 0.0294. The first-order valence-electron chi connectivity index (χ1n) is 8.34. The van der Waals surface area contributed by atoms with Gasteiger partial charge in [0.15, 0.2) is 0 Å². The second kappa shape index (κ2) is 6.75. The van der Waals surface area contributed by atoms with Crippen molar-refractivity contribution in [2.75, 3.05) is 25.0 Å². The second-order valence-corrected chi connectivity index (χ2v) is 6.56. The van der Waals surface area contributed by atoms with Crippen LogP contribution in [0.3, 0.4) is 0 Å². The highest BCUT2D eigenvalue weighted by Gasteiger charge is 2.44. The molecule has 3 atom stereocenters. The van der Waals surface area contributed by atoms with Gasteiger partial charge in [-0.3, -0.25) is 14.7 Å². The molecule has 0 saturated carbocycles. The van der Waals surface area contributed by atoms with Gasteiger partial charge in [0.2, 0.25) is 5.91 Å². The fourth-order valence-electron chi connectivity index (χ4n) is 3.73. The van der Waals surface area contributed by atoms with E-state index in [0.717, 1.165) is 31.1 Å². The molecule has 0 bridgehead atoms. The molecule has 2 aliphatic heterocycles. The first-order chi connectivity index (χ1) is 11.8. The summed E-state index contributed by atoms with van der Waals surface area (Å²) in [4.78, 5) is 18.6. The number of nitrogens with one attached hydrogen (secondary N) is 1. The fourth-order valence-corrected chi connectivity index (χ4v) is 3.73. The number of nitrogens with zero attached hydrogens (tertiary/aromatic N) is 2. The number of carbonyl (C=O) groups is 1. The number of furan rings is 1. The lowest BCUT2D eigenvalue weighted by Crippen LogP contribution is -2.26. The lowest BCUT2D eigenvalue weighted by molar-refractivity contribution is -0.117. The van der Waals surface area contributed by atoms with Crippen LogP contribution in [-0.4, -0.2) is 41.6 Å². The first-order valence-corrected chi connectivity index (χ1v) is 8.34. The molecule has 4 rings (SSSR count). The topological polar surface area (TPSA) is 67.6 Å². The normalized spacial score (nSPS) is 26.4. The van der Waals surface area contributed by atoms with Gasteiger partial charge in [-0.2, -0.15) is 0 Å². The van der Waals surface area contributed by atoms with E-state index in [4.69, 9.17) is 9.15 Å². The van der Waals surface area contributed by atoms with Crippen LogP contribution in [0.15, 0.2) is 47.3 Å². The van der Waals surface area contributed by atoms with Crippen LogP contribution >= 0.6 is 0 Å². The van der Waals surface area contributed by atoms with Crippen molar-refractivity contribution in [1.29, 1.82) is 0 Å². The average molecular weight is 327 g/mol. The molecular formula is C18H21N3O3. The van der Waals surface area contributed by atoms with E-state index in [1.165, 1.54) is 0 Å². The van der Waals surface area contributed by atoms with Gasteiger partial charge in [0, 0.05) is 31.6 Å². The molecule has 0 radical (unpaired) electrons. The summed E-state index contributed by atoms with van der Waals surface area (Å²) in [6.07, 6.45) is 5.78. The predicted molar refractivity (Wildman–Crippen MR) is 88.2 cm³/mol. The number of hydrogen-bond donors (Lipinski definition) is 1. The summed E-state index contributed by atoms with van der Waals surface area (Å²) in [5, 5.41) is 2.91. The zero-order valence-electron chi connectivity index (χ0n) is 13.4. The number of rotatable bonds is 5. The maximum absolute atomic E-state index is 12.3. The van der Waals surface area contributed by atoms with Gasteiger partial charge in [0.25, 0.3) is 0 Å². The molecule has 0 spiro atoms. The monoisotopic (exact) mass is 327 g/mol. The summed E-state index contributed by atoms with van der Waals surface area (Å²) < 4.78 is 11.3. The van der Waals surface area contributed by atoms with E-state index in [2.05, 4.69) is 15.2 Å². The summed E-state index contributed by atoms with van der Waals surface area (Å²) in [5.41, 5.74) is 0.740. The van der Waals surface area contributed by atoms with E-state index in [1.54, 1.807) is 18.7 Å². The van der Waals surface area contributed by atoms with Crippen LogP contribution in [0.4, 0.5) is 5.69 Å². The number of fused-ring (bicyclic) bond motifs is 1. The van der Waals surface area contributed by atoms with Gasteiger partial charge in [-0.25, -0.2) is 0 Å². The highest BCUT2D eigenvalue weighted by atomic mass is 16.5. The molecule has 0 aromatic carbocycles. The van der Waals surface area contributed by atoms with Crippen LogP contribution in [0, 0.1) is 11.8 Å². The maximum atomic E-state index is 12.3. The van der Waals surface area contributed by atoms with Crippen LogP contribution in [0.25, 0.3) is 0 Å². The smallest absolute Gasteiger partial charge is 0.224 e. The summed E-state index contributed by atoms with van der Waals surface area (Å²) in [7, 11) is 0. The van der Waals surface area contributed by atoms with Crippen molar-refractivity contribution in [2.45, 2.75) is 19.1 Å². The molecule has 1 N–H and O–H groups in total. The van der Waals surface area contributed by atoms with Crippen molar-refractivity contribution < 1.29 is 13.9 Å². The van der Waals surface area contributed by atoms with Crippen LogP contribution in [0.2, 0.25) is 0 Å². The van der Waals surface area contributed by atoms with E-state index >= 15 is 0 Å². The van der Waals surface area contributed by atoms with Crippen molar-refractivity contribution in [3.05, 3.63) is 48.7 Å². The molecular weight excluding hydrogens is 306 g/mol. The second-order valence-electron chi connectivity index (χ2n) is 6.56. The van der Waals surface area contributed by atoms with Crippen LogP contribution in [-0.2, 0) is 16.1 Å². The molecule has 0 unspecified atom stereocenters. The number of ether oxygens (including phenoxy) is 1. The number of likely N-dealkylation sites (tertiary alicyclic amines) is 1. The highest BCUT2D eigenvalue weighted by molar-refractivity contribution is 5.90. The Morgan fingerprint density at radius 1 is 1.33 bits per heavy atom. The van der Waals surface area contributed by atoms with E-state index in [-0.39, 0.29) is 17.9 Å². The van der Waals surface area contributed by atoms with Gasteiger partial charge in [-0.15, -0.1) is 0 Å². The third kappa shape index (κ3) is 3.34. The lowest BCUT2D eigenvalue weighted by Gasteiger charge is -2.18. The number of pyridine rings is 1. The summed E-state index contributed by atoms with van der Waals surface area (Å²) >= 11 is 0. The van der Waals surface area contributed by atoms with Crippen LogP contribution in [0.1, 0.15) is 12.2 Å². The van der Waals surface area contributed by atoms with Gasteiger partial charge in [0.05, 0.1) is 37.4 Å². The minimum Gasteiger partial charge on any atom is -0.468 e. The van der Waals surface area contributed by atoms with E-state index in [1.807, 2.05) is 24.3 Å². The Kier molecular flexibility index (Phi) is 4.32. The Morgan fingerprint density at radius 2 is 2.29 bits per heavy atom.